The Labute approximate surface area is 318 Å². The molecule has 3 fully saturated rings. The van der Waals surface area contributed by atoms with Gasteiger partial charge in [0, 0.05) is 30.5 Å². The smallest absolute Gasteiger partial charge is 0.410 e. The van der Waals surface area contributed by atoms with Gasteiger partial charge in [0.2, 0.25) is 21.8 Å². The van der Waals surface area contributed by atoms with E-state index in [1.165, 1.54) is 29.2 Å². The van der Waals surface area contributed by atoms with E-state index < -0.39 is 98.8 Å². The number of ether oxygens (including phenoxy) is 3. The molecule has 18 heteroatoms. The lowest BCUT2D eigenvalue weighted by atomic mass is 10.1. The number of rotatable bonds is 13. The maximum atomic E-state index is 14.4. The highest BCUT2D eigenvalue weighted by Gasteiger charge is 2.62. The number of fused-ring (bicyclic) bond motifs is 1. The summed E-state index contributed by atoms with van der Waals surface area (Å²) in [5.41, 5.74) is -1.75. The molecule has 1 aromatic carbocycles. The summed E-state index contributed by atoms with van der Waals surface area (Å²) in [5, 5.41) is 4.30. The number of nitrogens with zero attached hydrogens (tertiary/aromatic N) is 2. The van der Waals surface area contributed by atoms with Crippen LogP contribution in [0, 0.1) is 11.7 Å². The molecule has 5 amide bonds. The van der Waals surface area contributed by atoms with E-state index in [0.717, 1.165) is 11.0 Å². The summed E-state index contributed by atoms with van der Waals surface area (Å²) in [6.45, 7) is 9.15. The van der Waals surface area contributed by atoms with E-state index in [0.29, 0.717) is 24.0 Å². The van der Waals surface area contributed by atoms with E-state index in [2.05, 4.69) is 21.9 Å². The third kappa shape index (κ3) is 9.89. The van der Waals surface area contributed by atoms with E-state index >= 15 is 0 Å². The first-order valence-electron chi connectivity index (χ1n) is 17.9. The van der Waals surface area contributed by atoms with Crippen molar-refractivity contribution in [2.75, 3.05) is 13.2 Å². The quantitative estimate of drug-likeness (QED) is 0.0871. The molecule has 55 heavy (non-hydrogen) atoms. The van der Waals surface area contributed by atoms with Crippen molar-refractivity contribution in [2.24, 2.45) is 5.92 Å². The number of esters is 1. The van der Waals surface area contributed by atoms with Crippen LogP contribution in [0.2, 0.25) is 0 Å². The molecular weight excluding hydrogens is 741 g/mol. The standard InChI is InChI=1S/C37H46FN5O11S/c1-6-8-9-13-30(44)52-21-28(39-34(48)54-36(3,4)5)32(46)43-19-24(53-35(49)42-18-22-11-10-12-27(38)26(22)20-42)16-29(43)31(45)40-37(17-23(37)7-2)33(47)41-55(50,51)25-14-15-25/h6-13,23-25,28-29H,2,14-21H2,1,3-5H3,(H,39,48)(H,40,45)(H,41,47)/t23-,24?,28+,29+,37-/m1/s1. The minimum atomic E-state index is -3.99. The van der Waals surface area contributed by atoms with Gasteiger partial charge in [0.25, 0.3) is 5.91 Å². The maximum absolute atomic E-state index is 14.4. The zero-order chi connectivity index (χ0) is 40.3. The zero-order valence-corrected chi connectivity index (χ0v) is 31.9. The van der Waals surface area contributed by atoms with Crippen LogP contribution in [0.5, 0.6) is 0 Å². The Hall–Kier alpha value is -5.26. The fourth-order valence-corrected chi connectivity index (χ4v) is 7.77. The van der Waals surface area contributed by atoms with Crippen LogP contribution < -0.4 is 15.4 Å². The minimum Gasteiger partial charge on any atom is -0.460 e. The van der Waals surface area contributed by atoms with Gasteiger partial charge in [-0.25, -0.2) is 27.2 Å². The normalized spacial score (nSPS) is 23.8. The van der Waals surface area contributed by atoms with Crippen molar-refractivity contribution in [3.8, 4) is 0 Å². The van der Waals surface area contributed by atoms with Crippen LogP contribution in [0.3, 0.4) is 0 Å². The van der Waals surface area contributed by atoms with Crippen molar-refractivity contribution in [3.05, 3.63) is 72.1 Å². The Bertz CT molecular complexity index is 1910. The van der Waals surface area contributed by atoms with Crippen LogP contribution >= 0.6 is 0 Å². The number of benzene rings is 1. The summed E-state index contributed by atoms with van der Waals surface area (Å²) >= 11 is 0. The highest BCUT2D eigenvalue weighted by molar-refractivity contribution is 7.91. The van der Waals surface area contributed by atoms with Gasteiger partial charge in [-0.1, -0.05) is 36.4 Å². The van der Waals surface area contributed by atoms with E-state index in [1.807, 2.05) is 0 Å². The molecule has 2 aliphatic heterocycles. The first kappa shape index (κ1) is 40.9. The molecule has 4 aliphatic rings. The largest absolute Gasteiger partial charge is 0.460 e. The number of nitrogens with one attached hydrogen (secondary N) is 3. The average Bonchev–Trinajstić information content (AvgIpc) is 4.00. The molecule has 2 saturated carbocycles. The number of alkyl carbamates (subject to hydrolysis) is 1. The molecule has 16 nitrogen and oxygen atoms in total. The molecule has 1 unspecified atom stereocenters. The van der Waals surface area contributed by atoms with Crippen LogP contribution in [0.25, 0.3) is 0 Å². The Morgan fingerprint density at radius 2 is 1.84 bits per heavy atom. The number of hydrogen-bond donors (Lipinski definition) is 3. The molecule has 5 rings (SSSR count). The van der Waals surface area contributed by atoms with Crippen LogP contribution in [-0.4, -0.2) is 102 Å². The third-order valence-corrected chi connectivity index (χ3v) is 11.3. The zero-order valence-electron chi connectivity index (χ0n) is 31.0. The lowest BCUT2D eigenvalue weighted by molar-refractivity contribution is -0.145. The molecule has 0 aromatic heterocycles. The van der Waals surface area contributed by atoms with Crippen molar-refractivity contribution in [3.63, 3.8) is 0 Å². The Morgan fingerprint density at radius 1 is 1.11 bits per heavy atom. The summed E-state index contributed by atoms with van der Waals surface area (Å²) < 4.78 is 58.1. The highest BCUT2D eigenvalue weighted by Crippen LogP contribution is 2.45. The molecule has 0 radical (unpaired) electrons. The fraction of sp³-hybridized carbons (Fsp3) is 0.514. The van der Waals surface area contributed by atoms with Crippen LogP contribution in [0.15, 0.2) is 55.2 Å². The summed E-state index contributed by atoms with van der Waals surface area (Å²) in [4.78, 5) is 82.8. The van der Waals surface area contributed by atoms with Gasteiger partial charge < -0.3 is 29.7 Å². The molecule has 3 N–H and O–H groups in total. The van der Waals surface area contributed by atoms with Gasteiger partial charge in [-0.2, -0.15) is 0 Å². The predicted octanol–water partition coefficient (Wildman–Crippen LogP) is 2.49. The number of halogens is 1. The van der Waals surface area contributed by atoms with E-state index in [9.17, 15) is 41.6 Å². The second kappa shape index (κ2) is 16.2. The van der Waals surface area contributed by atoms with Crippen molar-refractivity contribution in [1.29, 1.82) is 0 Å². The fourth-order valence-electron chi connectivity index (χ4n) is 6.40. The Balaban J connectivity index is 1.39. The van der Waals surface area contributed by atoms with Gasteiger partial charge in [-0.3, -0.25) is 24.0 Å². The average molecular weight is 788 g/mol. The third-order valence-electron chi connectivity index (χ3n) is 9.47. The van der Waals surface area contributed by atoms with Gasteiger partial charge >= 0.3 is 18.2 Å². The minimum absolute atomic E-state index is 0.0267. The topological polar surface area (TPSA) is 207 Å². The second-order valence-electron chi connectivity index (χ2n) is 14.9. The van der Waals surface area contributed by atoms with Crippen LogP contribution in [0.4, 0.5) is 14.0 Å². The number of hydrogen-bond acceptors (Lipinski definition) is 11. The lowest BCUT2D eigenvalue weighted by Gasteiger charge is -2.30. The molecule has 0 bridgehead atoms. The number of allylic oxidation sites excluding steroid dienone is 3. The summed E-state index contributed by atoms with van der Waals surface area (Å²) in [7, 11) is -3.99. The molecular formula is C37H46FN5O11S. The molecule has 2 aliphatic carbocycles. The summed E-state index contributed by atoms with van der Waals surface area (Å²) in [6.07, 6.45) is 4.70. The number of carbonyl (C=O) groups is 6. The van der Waals surface area contributed by atoms with E-state index in [-0.39, 0.29) is 32.5 Å². The van der Waals surface area contributed by atoms with Gasteiger partial charge in [0.1, 0.15) is 41.8 Å². The molecule has 5 atom stereocenters. The summed E-state index contributed by atoms with van der Waals surface area (Å²) in [6, 6.07) is 1.45. The van der Waals surface area contributed by atoms with Crippen molar-refractivity contribution in [1.82, 2.24) is 25.2 Å². The molecule has 1 saturated heterocycles. The first-order valence-corrected chi connectivity index (χ1v) is 19.4. The molecule has 1 aromatic rings. The SMILES string of the molecule is C=C[C@@H]1C[C@]1(NC(=O)[C@@H]1CC(OC(=O)N2Cc3cccc(F)c3C2)CN1C(=O)[C@H](COC(=O)C=CC=CC)NC(=O)OC(C)(C)C)C(=O)NS(=O)(=O)C1CC1. The lowest BCUT2D eigenvalue weighted by Crippen LogP contribution is -2.59. The number of likely N-dealkylation sites (tertiary alicyclic amines) is 1. The number of sulfonamides is 1. The van der Waals surface area contributed by atoms with Gasteiger partial charge in [-0.15, -0.1) is 6.58 Å². The van der Waals surface area contributed by atoms with Crippen LogP contribution in [-0.2, 0) is 56.5 Å². The van der Waals surface area contributed by atoms with E-state index in [4.69, 9.17) is 14.2 Å². The molecule has 2 heterocycles. The first-order chi connectivity index (χ1) is 25.9. The van der Waals surface area contributed by atoms with Gasteiger partial charge in [0.15, 0.2) is 0 Å². The van der Waals surface area contributed by atoms with E-state index in [1.54, 1.807) is 45.9 Å². The van der Waals surface area contributed by atoms with Crippen LogP contribution in [0.1, 0.15) is 64.5 Å². The Morgan fingerprint density at radius 3 is 2.45 bits per heavy atom. The van der Waals surface area contributed by atoms with Gasteiger partial charge in [-0.05, 0) is 58.6 Å². The maximum Gasteiger partial charge on any atom is 0.410 e. The Kier molecular flexibility index (Phi) is 12.1. The second-order valence-corrected chi connectivity index (χ2v) is 16.8. The number of amides is 5. The highest BCUT2D eigenvalue weighted by atomic mass is 32.2. The van der Waals surface area contributed by atoms with Crippen molar-refractivity contribution in [2.45, 2.75) is 101 Å². The molecule has 0 spiro atoms. The monoisotopic (exact) mass is 787 g/mol. The van der Waals surface area contributed by atoms with Crippen molar-refractivity contribution >= 4 is 45.9 Å². The predicted molar refractivity (Wildman–Crippen MR) is 193 cm³/mol. The van der Waals surface area contributed by atoms with Gasteiger partial charge in [0.05, 0.1) is 18.3 Å². The number of carbonyl (C=O) groups excluding carboxylic acids is 6. The molecule has 298 valence electrons. The summed E-state index contributed by atoms with van der Waals surface area (Å²) in [5.74, 6) is -4.72. The van der Waals surface area contributed by atoms with Crippen molar-refractivity contribution < 1.29 is 55.8 Å².